The summed E-state index contributed by atoms with van der Waals surface area (Å²) in [5.41, 5.74) is 6.04. The van der Waals surface area contributed by atoms with Crippen LogP contribution in [-0.2, 0) is 9.53 Å². The van der Waals surface area contributed by atoms with Crippen molar-refractivity contribution in [1.29, 1.82) is 0 Å². The Kier molecular flexibility index (Phi) is 4.78. The molecule has 0 aromatic carbocycles. The van der Waals surface area contributed by atoms with E-state index in [0.717, 1.165) is 25.8 Å². The van der Waals surface area contributed by atoms with Gasteiger partial charge in [-0.3, -0.25) is 4.79 Å². The van der Waals surface area contributed by atoms with Gasteiger partial charge < -0.3 is 19.9 Å². The van der Waals surface area contributed by atoms with E-state index in [1.54, 1.807) is 6.92 Å². The van der Waals surface area contributed by atoms with Crippen LogP contribution in [0, 0.1) is 18.8 Å². The number of likely N-dealkylation sites (tertiary alicyclic amines) is 1. The predicted molar refractivity (Wildman–Crippen MR) is 87.2 cm³/mol. The number of rotatable bonds is 3. The quantitative estimate of drug-likeness (QED) is 0.850. The van der Waals surface area contributed by atoms with Gasteiger partial charge in [0.1, 0.15) is 5.56 Å². The van der Waals surface area contributed by atoms with Crippen LogP contribution in [-0.4, -0.2) is 41.1 Å². The largest absolute Gasteiger partial charge is 0.452 e. The number of fused-ring (bicyclic) bond motifs is 1. The Morgan fingerprint density at radius 3 is 2.79 bits per heavy atom. The van der Waals surface area contributed by atoms with Crippen LogP contribution in [0.25, 0.3) is 0 Å². The van der Waals surface area contributed by atoms with E-state index in [1.165, 1.54) is 12.8 Å². The number of carbonyl (C=O) groups is 2. The van der Waals surface area contributed by atoms with Crippen LogP contribution in [0.15, 0.2) is 4.52 Å². The molecular formula is C17H25N3O4. The molecule has 0 radical (unpaired) electrons. The van der Waals surface area contributed by atoms with E-state index in [2.05, 4.69) is 12.1 Å². The summed E-state index contributed by atoms with van der Waals surface area (Å²) >= 11 is 0. The van der Waals surface area contributed by atoms with Gasteiger partial charge in [0.15, 0.2) is 6.61 Å². The topological polar surface area (TPSA) is 98.7 Å². The summed E-state index contributed by atoms with van der Waals surface area (Å²) in [6.07, 6.45) is 5.65. The van der Waals surface area contributed by atoms with Crippen molar-refractivity contribution < 1.29 is 18.8 Å². The van der Waals surface area contributed by atoms with Crippen LogP contribution in [0.3, 0.4) is 0 Å². The molecule has 2 heterocycles. The Labute approximate surface area is 141 Å². The van der Waals surface area contributed by atoms with Gasteiger partial charge in [-0.1, -0.05) is 24.9 Å². The lowest BCUT2D eigenvalue weighted by atomic mass is 9.72. The van der Waals surface area contributed by atoms with Crippen molar-refractivity contribution >= 4 is 17.8 Å². The maximum atomic E-state index is 12.6. The number of piperidine rings is 1. The fourth-order valence-corrected chi connectivity index (χ4v) is 4.14. The van der Waals surface area contributed by atoms with Gasteiger partial charge in [0, 0.05) is 12.6 Å². The molecule has 132 valence electrons. The van der Waals surface area contributed by atoms with Gasteiger partial charge in [-0.25, -0.2) is 4.79 Å². The van der Waals surface area contributed by atoms with Gasteiger partial charge in [0.05, 0.1) is 5.69 Å². The molecule has 1 saturated heterocycles. The number of ether oxygens (including phenoxy) is 1. The second-order valence-electron chi connectivity index (χ2n) is 6.95. The zero-order valence-corrected chi connectivity index (χ0v) is 14.3. The minimum Gasteiger partial charge on any atom is -0.452 e. The van der Waals surface area contributed by atoms with Crippen LogP contribution in [0.5, 0.6) is 0 Å². The molecule has 7 nitrogen and oxygen atoms in total. The maximum absolute atomic E-state index is 12.6. The number of nitrogen functional groups attached to an aromatic ring is 1. The Balaban J connectivity index is 1.61. The Bertz CT molecular complexity index is 608. The molecule has 2 fully saturated rings. The zero-order valence-electron chi connectivity index (χ0n) is 14.3. The summed E-state index contributed by atoms with van der Waals surface area (Å²) in [6.45, 7) is 4.37. The first-order valence-corrected chi connectivity index (χ1v) is 8.67. The van der Waals surface area contributed by atoms with Gasteiger partial charge in [-0.15, -0.1) is 0 Å². The predicted octanol–water partition coefficient (Wildman–Crippen LogP) is 2.15. The summed E-state index contributed by atoms with van der Waals surface area (Å²) in [5, 5.41) is 3.62. The van der Waals surface area contributed by atoms with Gasteiger partial charge in [0.25, 0.3) is 5.91 Å². The van der Waals surface area contributed by atoms with E-state index < -0.39 is 5.97 Å². The molecule has 0 unspecified atom stereocenters. The highest BCUT2D eigenvalue weighted by molar-refractivity contribution is 5.96. The number of hydrogen-bond donors (Lipinski definition) is 1. The highest BCUT2D eigenvalue weighted by Crippen LogP contribution is 2.38. The molecule has 7 heteroatoms. The third-order valence-corrected chi connectivity index (χ3v) is 5.48. The monoisotopic (exact) mass is 335 g/mol. The zero-order chi connectivity index (χ0) is 17.3. The van der Waals surface area contributed by atoms with Crippen LogP contribution >= 0.6 is 0 Å². The fourth-order valence-electron chi connectivity index (χ4n) is 4.14. The SMILES string of the molecule is Cc1noc(N)c1C(=O)OCC(=O)N1CC[C@H](C)[C@@H]2CCCC[C@H]21. The molecule has 1 amide bonds. The van der Waals surface area contributed by atoms with E-state index in [4.69, 9.17) is 15.0 Å². The first kappa shape index (κ1) is 16.8. The Hall–Kier alpha value is -2.05. The normalized spacial score (nSPS) is 26.8. The number of esters is 1. The van der Waals surface area contributed by atoms with E-state index >= 15 is 0 Å². The van der Waals surface area contributed by atoms with Gasteiger partial charge >= 0.3 is 5.97 Å². The van der Waals surface area contributed by atoms with Gasteiger partial charge in [0.2, 0.25) is 5.88 Å². The molecule has 1 aliphatic heterocycles. The van der Waals surface area contributed by atoms with Crippen molar-refractivity contribution in [2.45, 2.75) is 52.0 Å². The average Bonchev–Trinajstić information content (AvgIpc) is 2.92. The second-order valence-corrected chi connectivity index (χ2v) is 6.95. The number of carbonyl (C=O) groups excluding carboxylic acids is 2. The molecule has 0 spiro atoms. The number of aryl methyl sites for hydroxylation is 1. The summed E-state index contributed by atoms with van der Waals surface area (Å²) in [5.74, 6) is 0.360. The fraction of sp³-hybridized carbons (Fsp3) is 0.706. The summed E-state index contributed by atoms with van der Waals surface area (Å²) < 4.78 is 9.91. The van der Waals surface area contributed by atoms with Crippen molar-refractivity contribution in [1.82, 2.24) is 10.1 Å². The number of aromatic nitrogens is 1. The molecule has 2 N–H and O–H groups in total. The molecule has 1 aliphatic carbocycles. The molecule has 0 bridgehead atoms. The molecule has 24 heavy (non-hydrogen) atoms. The number of nitrogens with two attached hydrogens (primary N) is 1. The van der Waals surface area contributed by atoms with Crippen molar-refractivity contribution in [3.8, 4) is 0 Å². The van der Waals surface area contributed by atoms with E-state index in [-0.39, 0.29) is 30.0 Å². The lowest BCUT2D eigenvalue weighted by Crippen LogP contribution is -2.53. The molecule has 1 saturated carbocycles. The highest BCUT2D eigenvalue weighted by atomic mass is 16.5. The van der Waals surface area contributed by atoms with Gasteiger partial charge in [-0.2, -0.15) is 0 Å². The van der Waals surface area contributed by atoms with Crippen molar-refractivity contribution in [3.05, 3.63) is 11.3 Å². The molecule has 2 aliphatic rings. The van der Waals surface area contributed by atoms with E-state index in [9.17, 15) is 9.59 Å². The van der Waals surface area contributed by atoms with Gasteiger partial charge in [-0.05, 0) is 38.0 Å². The van der Waals surface area contributed by atoms with Crippen LogP contribution in [0.4, 0.5) is 5.88 Å². The van der Waals surface area contributed by atoms with Crippen LogP contribution < -0.4 is 5.73 Å². The third-order valence-electron chi connectivity index (χ3n) is 5.48. The van der Waals surface area contributed by atoms with E-state index in [0.29, 0.717) is 17.5 Å². The molecule has 3 rings (SSSR count). The minimum atomic E-state index is -0.662. The van der Waals surface area contributed by atoms with Crippen LogP contribution in [0.1, 0.15) is 55.1 Å². The van der Waals surface area contributed by atoms with E-state index in [1.807, 2.05) is 4.90 Å². The standard InChI is InChI=1S/C17H25N3O4/c1-10-7-8-20(13-6-4-3-5-12(10)13)14(21)9-23-17(22)15-11(2)19-24-16(15)18/h10,12-13H,3-9,18H2,1-2H3/t10-,12-,13+/m0/s1. The summed E-state index contributed by atoms with van der Waals surface area (Å²) in [7, 11) is 0. The Morgan fingerprint density at radius 2 is 2.08 bits per heavy atom. The average molecular weight is 335 g/mol. The molecule has 1 aromatic rings. The number of amides is 1. The molecule has 3 atom stereocenters. The number of anilines is 1. The maximum Gasteiger partial charge on any atom is 0.346 e. The summed E-state index contributed by atoms with van der Waals surface area (Å²) in [4.78, 5) is 26.6. The van der Waals surface area contributed by atoms with Crippen molar-refractivity contribution in [2.24, 2.45) is 11.8 Å². The lowest BCUT2D eigenvalue weighted by molar-refractivity contribution is -0.142. The highest BCUT2D eigenvalue weighted by Gasteiger charge is 2.39. The smallest absolute Gasteiger partial charge is 0.346 e. The first-order chi connectivity index (χ1) is 11.5. The molecule has 1 aromatic heterocycles. The minimum absolute atomic E-state index is 0.0795. The second kappa shape index (κ2) is 6.83. The van der Waals surface area contributed by atoms with Crippen molar-refractivity contribution in [3.63, 3.8) is 0 Å². The van der Waals surface area contributed by atoms with Crippen molar-refractivity contribution in [2.75, 3.05) is 18.9 Å². The Morgan fingerprint density at radius 1 is 1.33 bits per heavy atom. The lowest BCUT2D eigenvalue weighted by Gasteiger charge is -2.47. The number of nitrogens with zero attached hydrogens (tertiary/aromatic N) is 2. The number of hydrogen-bond acceptors (Lipinski definition) is 6. The third kappa shape index (κ3) is 3.12. The van der Waals surface area contributed by atoms with Crippen LogP contribution in [0.2, 0.25) is 0 Å². The molecular weight excluding hydrogens is 310 g/mol. The first-order valence-electron chi connectivity index (χ1n) is 8.67. The summed E-state index contributed by atoms with van der Waals surface area (Å²) in [6, 6.07) is 0.288.